The SMILES string of the molecule is CCOC(=O)c1[nH]c2ccc(OC)cc2c1NC(=O)CN1C[C@@H](C)O[C@H](C)C1. The molecule has 0 unspecified atom stereocenters. The lowest BCUT2D eigenvalue weighted by Gasteiger charge is -2.34. The summed E-state index contributed by atoms with van der Waals surface area (Å²) in [6, 6.07) is 5.37. The second-order valence-electron chi connectivity index (χ2n) is 7.01. The molecule has 1 aromatic carbocycles. The fraction of sp³-hybridized carbons (Fsp3) is 0.500. The van der Waals surface area contributed by atoms with Gasteiger partial charge in [-0.05, 0) is 39.0 Å². The van der Waals surface area contributed by atoms with Crippen molar-refractivity contribution in [1.29, 1.82) is 0 Å². The van der Waals surface area contributed by atoms with Crippen LogP contribution in [0.4, 0.5) is 5.69 Å². The van der Waals surface area contributed by atoms with E-state index in [0.29, 0.717) is 35.4 Å². The first-order valence-electron chi connectivity index (χ1n) is 9.45. The van der Waals surface area contributed by atoms with Gasteiger partial charge in [0.15, 0.2) is 0 Å². The van der Waals surface area contributed by atoms with E-state index in [1.807, 2.05) is 18.7 Å². The van der Waals surface area contributed by atoms with Crippen molar-refractivity contribution in [2.24, 2.45) is 0 Å². The number of rotatable bonds is 6. The van der Waals surface area contributed by atoms with Crippen LogP contribution in [0, 0.1) is 0 Å². The summed E-state index contributed by atoms with van der Waals surface area (Å²) < 4.78 is 16.1. The van der Waals surface area contributed by atoms with Crippen LogP contribution in [0.15, 0.2) is 18.2 Å². The van der Waals surface area contributed by atoms with Crippen molar-refractivity contribution < 1.29 is 23.8 Å². The van der Waals surface area contributed by atoms with Crippen molar-refractivity contribution in [3.63, 3.8) is 0 Å². The summed E-state index contributed by atoms with van der Waals surface area (Å²) in [7, 11) is 1.57. The summed E-state index contributed by atoms with van der Waals surface area (Å²) in [4.78, 5) is 30.2. The van der Waals surface area contributed by atoms with Crippen molar-refractivity contribution in [3.8, 4) is 5.75 Å². The Labute approximate surface area is 164 Å². The molecule has 1 saturated heterocycles. The average molecular weight is 389 g/mol. The van der Waals surface area contributed by atoms with E-state index in [1.165, 1.54) is 0 Å². The average Bonchev–Trinajstić information content (AvgIpc) is 2.98. The van der Waals surface area contributed by atoms with Crippen LogP contribution in [0.25, 0.3) is 10.9 Å². The number of anilines is 1. The summed E-state index contributed by atoms with van der Waals surface area (Å²) in [6.45, 7) is 7.55. The van der Waals surface area contributed by atoms with Crippen LogP contribution in [0.2, 0.25) is 0 Å². The van der Waals surface area contributed by atoms with E-state index in [9.17, 15) is 9.59 Å². The van der Waals surface area contributed by atoms with E-state index in [0.717, 1.165) is 0 Å². The molecule has 3 rings (SSSR count). The Balaban J connectivity index is 1.86. The van der Waals surface area contributed by atoms with Crippen LogP contribution < -0.4 is 10.1 Å². The molecule has 2 N–H and O–H groups in total. The molecule has 8 heteroatoms. The van der Waals surface area contributed by atoms with Crippen LogP contribution in [0.5, 0.6) is 5.75 Å². The van der Waals surface area contributed by atoms with Crippen LogP contribution >= 0.6 is 0 Å². The second kappa shape index (κ2) is 8.62. The minimum Gasteiger partial charge on any atom is -0.497 e. The highest BCUT2D eigenvalue weighted by molar-refractivity contribution is 6.11. The fourth-order valence-corrected chi connectivity index (χ4v) is 3.58. The quantitative estimate of drug-likeness (QED) is 0.737. The minimum absolute atomic E-state index is 0.0731. The molecule has 1 aromatic heterocycles. The zero-order valence-electron chi connectivity index (χ0n) is 16.7. The lowest BCUT2D eigenvalue weighted by atomic mass is 10.2. The van der Waals surface area contributed by atoms with Gasteiger partial charge < -0.3 is 24.5 Å². The number of carbonyl (C=O) groups excluding carboxylic acids is 2. The first-order valence-corrected chi connectivity index (χ1v) is 9.45. The van der Waals surface area contributed by atoms with E-state index in [-0.39, 0.29) is 37.0 Å². The maximum absolute atomic E-state index is 12.7. The van der Waals surface area contributed by atoms with Crippen molar-refractivity contribution in [1.82, 2.24) is 9.88 Å². The van der Waals surface area contributed by atoms with Gasteiger partial charge >= 0.3 is 5.97 Å². The number of nitrogens with one attached hydrogen (secondary N) is 2. The Hall–Kier alpha value is -2.58. The van der Waals surface area contributed by atoms with Gasteiger partial charge in [0, 0.05) is 24.0 Å². The summed E-state index contributed by atoms with van der Waals surface area (Å²) in [5, 5.41) is 3.59. The molecule has 28 heavy (non-hydrogen) atoms. The Morgan fingerprint density at radius 3 is 2.64 bits per heavy atom. The van der Waals surface area contributed by atoms with Gasteiger partial charge in [-0.15, -0.1) is 0 Å². The Bertz CT molecular complexity index is 853. The van der Waals surface area contributed by atoms with Gasteiger partial charge in [-0.3, -0.25) is 9.69 Å². The van der Waals surface area contributed by atoms with Crippen LogP contribution in [-0.2, 0) is 14.3 Å². The largest absolute Gasteiger partial charge is 0.497 e. The van der Waals surface area contributed by atoms with Crippen LogP contribution in [0.1, 0.15) is 31.3 Å². The smallest absolute Gasteiger partial charge is 0.356 e. The lowest BCUT2D eigenvalue weighted by molar-refractivity contribution is -0.121. The number of nitrogens with zero attached hydrogens (tertiary/aromatic N) is 1. The van der Waals surface area contributed by atoms with Gasteiger partial charge in [0.2, 0.25) is 5.91 Å². The lowest BCUT2D eigenvalue weighted by Crippen LogP contribution is -2.48. The number of aromatic amines is 1. The number of H-pyrrole nitrogens is 1. The van der Waals surface area contributed by atoms with Crippen molar-refractivity contribution in [2.75, 3.05) is 38.7 Å². The maximum Gasteiger partial charge on any atom is 0.356 e. The molecule has 0 bridgehead atoms. The molecule has 1 amide bonds. The molecule has 2 atom stereocenters. The number of morpholine rings is 1. The third-order valence-electron chi connectivity index (χ3n) is 4.61. The predicted octanol–water partition coefficient (Wildman–Crippen LogP) is 2.40. The van der Waals surface area contributed by atoms with E-state index >= 15 is 0 Å². The zero-order chi connectivity index (χ0) is 20.3. The van der Waals surface area contributed by atoms with Gasteiger partial charge in [0.1, 0.15) is 11.4 Å². The molecule has 1 aliphatic rings. The summed E-state index contributed by atoms with van der Waals surface area (Å²) in [6.07, 6.45) is 0.146. The molecule has 152 valence electrons. The minimum atomic E-state index is -0.512. The number of hydrogen-bond donors (Lipinski definition) is 2. The predicted molar refractivity (Wildman–Crippen MR) is 106 cm³/mol. The Kier molecular flexibility index (Phi) is 6.21. The summed E-state index contributed by atoms with van der Waals surface area (Å²) in [5.74, 6) is -0.0783. The highest BCUT2D eigenvalue weighted by atomic mass is 16.5. The van der Waals surface area contributed by atoms with Gasteiger partial charge in [0.05, 0.1) is 38.2 Å². The fourth-order valence-electron chi connectivity index (χ4n) is 3.58. The number of esters is 1. The second-order valence-corrected chi connectivity index (χ2v) is 7.01. The highest BCUT2D eigenvalue weighted by Gasteiger charge is 2.26. The van der Waals surface area contributed by atoms with Gasteiger partial charge in [-0.1, -0.05) is 0 Å². The van der Waals surface area contributed by atoms with Crippen molar-refractivity contribution in [3.05, 3.63) is 23.9 Å². The molecule has 2 aromatic rings. The van der Waals surface area contributed by atoms with Crippen LogP contribution in [-0.4, -0.2) is 67.3 Å². The topological polar surface area (TPSA) is 92.9 Å². The summed E-state index contributed by atoms with van der Waals surface area (Å²) in [5.41, 5.74) is 1.35. The molecule has 0 aliphatic carbocycles. The Morgan fingerprint density at radius 2 is 2.00 bits per heavy atom. The van der Waals surface area contributed by atoms with Crippen LogP contribution in [0.3, 0.4) is 0 Å². The number of carbonyl (C=O) groups is 2. The molecule has 2 heterocycles. The molecule has 1 aliphatic heterocycles. The molecule has 0 saturated carbocycles. The molecular weight excluding hydrogens is 362 g/mol. The van der Waals surface area contributed by atoms with Gasteiger partial charge in [-0.25, -0.2) is 4.79 Å². The first-order chi connectivity index (χ1) is 13.4. The molecule has 1 fully saturated rings. The van der Waals surface area contributed by atoms with E-state index in [4.69, 9.17) is 14.2 Å². The molecule has 0 spiro atoms. The van der Waals surface area contributed by atoms with E-state index in [1.54, 1.807) is 32.2 Å². The first kappa shape index (κ1) is 20.2. The zero-order valence-corrected chi connectivity index (χ0v) is 16.7. The highest BCUT2D eigenvalue weighted by Crippen LogP contribution is 2.31. The normalized spacial score (nSPS) is 20.1. The number of methoxy groups -OCH3 is 1. The number of ether oxygens (including phenoxy) is 3. The molecular formula is C20H27N3O5. The number of fused-ring (bicyclic) bond motifs is 1. The number of hydrogen-bond acceptors (Lipinski definition) is 6. The van der Waals surface area contributed by atoms with E-state index < -0.39 is 5.97 Å². The number of amides is 1. The van der Waals surface area contributed by atoms with Crippen molar-refractivity contribution in [2.45, 2.75) is 33.0 Å². The maximum atomic E-state index is 12.7. The van der Waals surface area contributed by atoms with Gasteiger partial charge in [-0.2, -0.15) is 0 Å². The van der Waals surface area contributed by atoms with E-state index in [2.05, 4.69) is 10.3 Å². The molecule has 8 nitrogen and oxygen atoms in total. The summed E-state index contributed by atoms with van der Waals surface area (Å²) >= 11 is 0. The number of benzene rings is 1. The van der Waals surface area contributed by atoms with Gasteiger partial charge in [0.25, 0.3) is 0 Å². The monoisotopic (exact) mass is 389 g/mol. The molecule has 0 radical (unpaired) electrons. The Morgan fingerprint density at radius 1 is 1.29 bits per heavy atom. The van der Waals surface area contributed by atoms with Crippen molar-refractivity contribution >= 4 is 28.5 Å². The third-order valence-corrected chi connectivity index (χ3v) is 4.61. The standard InChI is InChI=1S/C20H27N3O5/c1-5-27-20(25)19-18(15-8-14(26-4)6-7-16(15)21-19)22-17(24)11-23-9-12(2)28-13(3)10-23/h6-8,12-13,21H,5,9-11H2,1-4H3,(H,22,24)/t12-,13-/m1/s1. The third kappa shape index (κ3) is 4.45. The number of aromatic nitrogens is 1.